The van der Waals surface area contributed by atoms with Crippen LogP contribution in [-0.4, -0.2) is 23.0 Å². The molecule has 0 aliphatic rings. The van der Waals surface area contributed by atoms with Crippen molar-refractivity contribution < 1.29 is 0 Å². The first-order chi connectivity index (χ1) is 10.2. The molecule has 0 radical (unpaired) electrons. The van der Waals surface area contributed by atoms with Crippen LogP contribution in [0.25, 0.3) is 0 Å². The lowest BCUT2D eigenvalue weighted by Crippen LogP contribution is -2.23. The molecule has 0 bridgehead atoms. The van der Waals surface area contributed by atoms with Crippen LogP contribution in [0.15, 0.2) is 29.8 Å². The van der Waals surface area contributed by atoms with E-state index in [1.54, 1.807) is 11.3 Å². The Balaban J connectivity index is 1.95. The van der Waals surface area contributed by atoms with E-state index in [-0.39, 0.29) is 0 Å². The molecule has 0 saturated heterocycles. The lowest BCUT2D eigenvalue weighted by Gasteiger charge is -2.20. The average Bonchev–Trinajstić information content (AvgIpc) is 2.91. The lowest BCUT2D eigenvalue weighted by molar-refractivity contribution is 0.294. The normalized spacial score (nSPS) is 11.2. The van der Waals surface area contributed by atoms with Crippen molar-refractivity contribution >= 4 is 11.3 Å². The third-order valence-corrected chi connectivity index (χ3v) is 4.79. The molecule has 114 valence electrons. The van der Waals surface area contributed by atoms with Crippen LogP contribution in [-0.2, 0) is 19.6 Å². The Kier molecular flexibility index (Phi) is 6.36. The molecule has 0 unspecified atom stereocenters. The summed E-state index contributed by atoms with van der Waals surface area (Å²) in [6.07, 6.45) is 0. The number of benzene rings is 1. The molecule has 1 heterocycles. The van der Waals surface area contributed by atoms with Gasteiger partial charge in [-0.25, -0.2) is 4.98 Å². The smallest absolute Gasteiger partial charge is 0.0798 e. The highest BCUT2D eigenvalue weighted by atomic mass is 32.1. The highest BCUT2D eigenvalue weighted by molar-refractivity contribution is 7.09. The summed E-state index contributed by atoms with van der Waals surface area (Å²) in [5.41, 5.74) is 5.88. The van der Waals surface area contributed by atoms with Gasteiger partial charge in [-0.1, -0.05) is 38.1 Å². The van der Waals surface area contributed by atoms with E-state index >= 15 is 0 Å². The van der Waals surface area contributed by atoms with Crippen molar-refractivity contribution in [3.05, 3.63) is 51.5 Å². The molecule has 0 aliphatic heterocycles. The van der Waals surface area contributed by atoms with Gasteiger partial charge in [0.1, 0.15) is 0 Å². The van der Waals surface area contributed by atoms with Crippen LogP contribution in [0.2, 0.25) is 0 Å². The monoisotopic (exact) mass is 303 g/mol. The van der Waals surface area contributed by atoms with Crippen LogP contribution in [0.4, 0.5) is 0 Å². The van der Waals surface area contributed by atoms with E-state index in [0.717, 1.165) is 38.4 Å². The van der Waals surface area contributed by atoms with Crippen molar-refractivity contribution in [2.24, 2.45) is 0 Å². The Labute approximate surface area is 132 Å². The quantitative estimate of drug-likeness (QED) is 0.808. The summed E-state index contributed by atoms with van der Waals surface area (Å²) in [5, 5.41) is 3.55. The van der Waals surface area contributed by atoms with Crippen molar-refractivity contribution in [1.82, 2.24) is 15.2 Å². The first-order valence-electron chi connectivity index (χ1n) is 7.63. The molecule has 0 amide bonds. The molecule has 21 heavy (non-hydrogen) atoms. The van der Waals surface area contributed by atoms with Gasteiger partial charge in [0.05, 0.1) is 11.2 Å². The summed E-state index contributed by atoms with van der Waals surface area (Å²) in [6, 6.07) is 8.73. The van der Waals surface area contributed by atoms with Gasteiger partial charge < -0.3 is 5.32 Å². The molecule has 0 atom stereocenters. The van der Waals surface area contributed by atoms with Crippen LogP contribution >= 0.6 is 11.3 Å². The number of aromatic nitrogens is 1. The number of rotatable bonds is 8. The largest absolute Gasteiger partial charge is 0.308 e. The summed E-state index contributed by atoms with van der Waals surface area (Å²) in [6.45, 7) is 11.5. The zero-order valence-corrected chi connectivity index (χ0v) is 14.0. The maximum atomic E-state index is 4.29. The van der Waals surface area contributed by atoms with Crippen molar-refractivity contribution in [3.63, 3.8) is 0 Å². The summed E-state index contributed by atoms with van der Waals surface area (Å²) >= 11 is 1.72. The number of nitrogens with zero attached hydrogens (tertiary/aromatic N) is 2. The fraction of sp³-hybridized carbons (Fsp3) is 0.471. The topological polar surface area (TPSA) is 28.2 Å². The fourth-order valence-corrected chi connectivity index (χ4v) is 3.13. The Bertz CT molecular complexity index is 546. The van der Waals surface area contributed by atoms with Crippen LogP contribution in [0.3, 0.4) is 0 Å². The molecule has 2 aromatic rings. The van der Waals surface area contributed by atoms with Gasteiger partial charge in [0.2, 0.25) is 0 Å². The maximum absolute atomic E-state index is 4.29. The van der Waals surface area contributed by atoms with Gasteiger partial charge in [-0.3, -0.25) is 4.90 Å². The molecule has 1 aromatic heterocycles. The van der Waals surface area contributed by atoms with Gasteiger partial charge in [-0.15, -0.1) is 11.3 Å². The third-order valence-electron chi connectivity index (χ3n) is 3.85. The molecule has 0 fully saturated rings. The summed E-state index contributed by atoms with van der Waals surface area (Å²) in [4.78, 5) is 8.07. The van der Waals surface area contributed by atoms with Crippen LogP contribution in [0.5, 0.6) is 0 Å². The van der Waals surface area contributed by atoms with Crippen molar-refractivity contribution in [3.8, 4) is 0 Å². The summed E-state index contributed by atoms with van der Waals surface area (Å²) in [7, 11) is 0. The predicted molar refractivity (Wildman–Crippen MR) is 90.5 cm³/mol. The highest BCUT2D eigenvalue weighted by Crippen LogP contribution is 2.14. The van der Waals surface area contributed by atoms with Crippen molar-refractivity contribution in [2.45, 2.75) is 40.4 Å². The molecule has 0 aliphatic carbocycles. The zero-order chi connectivity index (χ0) is 15.1. The van der Waals surface area contributed by atoms with E-state index in [2.05, 4.69) is 60.2 Å². The first kappa shape index (κ1) is 16.1. The van der Waals surface area contributed by atoms with E-state index in [9.17, 15) is 0 Å². The molecule has 3 nitrogen and oxygen atoms in total. The molecular formula is C17H25N3S. The molecular weight excluding hydrogens is 278 g/mol. The second-order valence-electron chi connectivity index (χ2n) is 5.19. The Hall–Kier alpha value is -1.23. The average molecular weight is 303 g/mol. The number of thiazole rings is 1. The Morgan fingerprint density at radius 3 is 2.43 bits per heavy atom. The molecule has 1 N–H and O–H groups in total. The first-order valence-corrected chi connectivity index (χ1v) is 8.51. The van der Waals surface area contributed by atoms with Gasteiger partial charge in [0.25, 0.3) is 0 Å². The summed E-state index contributed by atoms with van der Waals surface area (Å²) in [5.74, 6) is 0. The SMILES string of the molecule is CCN(CC)Cc1ccccc1CNCc1scnc1C. The molecule has 0 spiro atoms. The van der Waals surface area contributed by atoms with Crippen LogP contribution in [0, 0.1) is 6.92 Å². The molecule has 0 saturated carbocycles. The molecule has 2 rings (SSSR count). The zero-order valence-electron chi connectivity index (χ0n) is 13.2. The Morgan fingerprint density at radius 1 is 1.10 bits per heavy atom. The predicted octanol–water partition coefficient (Wildman–Crippen LogP) is 3.58. The molecule has 4 heteroatoms. The van der Waals surface area contributed by atoms with Crippen LogP contribution in [0.1, 0.15) is 35.5 Å². The fourth-order valence-electron chi connectivity index (χ4n) is 2.38. The minimum absolute atomic E-state index is 0.899. The van der Waals surface area contributed by atoms with Crippen molar-refractivity contribution in [2.75, 3.05) is 13.1 Å². The summed E-state index contributed by atoms with van der Waals surface area (Å²) < 4.78 is 0. The van der Waals surface area contributed by atoms with Gasteiger partial charge in [-0.2, -0.15) is 0 Å². The Morgan fingerprint density at radius 2 is 1.81 bits per heavy atom. The van der Waals surface area contributed by atoms with Gasteiger partial charge in [-0.05, 0) is 31.1 Å². The highest BCUT2D eigenvalue weighted by Gasteiger charge is 2.06. The maximum Gasteiger partial charge on any atom is 0.0798 e. The second-order valence-corrected chi connectivity index (χ2v) is 6.13. The van der Waals surface area contributed by atoms with Gasteiger partial charge >= 0.3 is 0 Å². The van der Waals surface area contributed by atoms with E-state index in [1.165, 1.54) is 16.0 Å². The lowest BCUT2D eigenvalue weighted by atomic mass is 10.1. The second kappa shape index (κ2) is 8.27. The molecule has 1 aromatic carbocycles. The minimum atomic E-state index is 0.899. The van der Waals surface area contributed by atoms with E-state index in [1.807, 2.05) is 5.51 Å². The number of hydrogen-bond donors (Lipinski definition) is 1. The standard InChI is InChI=1S/C17H25N3S/c1-4-20(5-2)12-16-9-7-6-8-15(16)10-18-11-17-14(3)19-13-21-17/h6-9,13,18H,4-5,10-12H2,1-3H3. The van der Waals surface area contributed by atoms with Crippen molar-refractivity contribution in [1.29, 1.82) is 0 Å². The number of hydrogen-bond acceptors (Lipinski definition) is 4. The third kappa shape index (κ3) is 4.63. The van der Waals surface area contributed by atoms with E-state index in [4.69, 9.17) is 0 Å². The van der Waals surface area contributed by atoms with E-state index in [0.29, 0.717) is 0 Å². The van der Waals surface area contributed by atoms with E-state index < -0.39 is 0 Å². The van der Waals surface area contributed by atoms with Crippen LogP contribution < -0.4 is 5.32 Å². The number of nitrogens with one attached hydrogen (secondary N) is 1. The minimum Gasteiger partial charge on any atom is -0.308 e. The number of aryl methyl sites for hydroxylation is 1. The van der Waals surface area contributed by atoms with Gasteiger partial charge in [0.15, 0.2) is 0 Å². The van der Waals surface area contributed by atoms with Gasteiger partial charge in [0, 0.05) is 24.5 Å².